The van der Waals surface area contributed by atoms with Crippen LogP contribution >= 0.6 is 11.3 Å². The van der Waals surface area contributed by atoms with Crippen molar-refractivity contribution in [3.8, 4) is 17.6 Å². The van der Waals surface area contributed by atoms with Crippen molar-refractivity contribution < 1.29 is 36.6 Å². The van der Waals surface area contributed by atoms with Crippen LogP contribution < -0.4 is 4.72 Å². The smallest absolute Gasteiger partial charge is 0.416 e. The summed E-state index contributed by atoms with van der Waals surface area (Å²) >= 11 is 0.801. The number of aliphatic carboxylic acids is 1. The van der Waals surface area contributed by atoms with Gasteiger partial charge in [-0.1, -0.05) is 11.8 Å². The highest BCUT2D eigenvalue weighted by atomic mass is 32.2. The Hall–Kier alpha value is -3.79. The van der Waals surface area contributed by atoms with Crippen molar-refractivity contribution in [2.75, 3.05) is 0 Å². The number of alkyl halides is 3. The predicted octanol–water partition coefficient (Wildman–Crippen LogP) is 4.34. The number of nitrogens with one attached hydrogen (secondary N) is 1. The van der Waals surface area contributed by atoms with Crippen LogP contribution in [0.3, 0.4) is 0 Å². The van der Waals surface area contributed by atoms with Crippen molar-refractivity contribution in [2.45, 2.75) is 22.8 Å². The number of sulfonamides is 1. The number of aryl methyl sites for hydroxylation is 1. The van der Waals surface area contributed by atoms with Crippen LogP contribution in [-0.2, 0) is 34.5 Å². The third kappa shape index (κ3) is 5.96. The van der Waals surface area contributed by atoms with Gasteiger partial charge in [-0.2, -0.15) is 17.9 Å². The number of aromatic nitrogens is 1. The summed E-state index contributed by atoms with van der Waals surface area (Å²) in [6, 6.07) is 10.1. The first-order valence-electron chi connectivity index (χ1n) is 10.6. The van der Waals surface area contributed by atoms with Gasteiger partial charge in [0.2, 0.25) is 0 Å². The molecule has 0 fully saturated rings. The van der Waals surface area contributed by atoms with Gasteiger partial charge in [0, 0.05) is 36.1 Å². The lowest BCUT2D eigenvalue weighted by Crippen LogP contribution is -2.42. The lowest BCUT2D eigenvalue weighted by molar-refractivity contribution is -0.139. The third-order valence-corrected chi connectivity index (χ3v) is 8.43. The molecule has 1 atom stereocenters. The van der Waals surface area contributed by atoms with E-state index in [1.165, 1.54) is 36.4 Å². The molecule has 12 heteroatoms. The number of phenols is 1. The molecular weight excluding hydrogens is 529 g/mol. The molecule has 2 heterocycles. The molecule has 4 rings (SSSR count). The van der Waals surface area contributed by atoms with Gasteiger partial charge in [0.05, 0.1) is 10.4 Å². The van der Waals surface area contributed by atoms with Crippen LogP contribution in [0.5, 0.6) is 5.75 Å². The summed E-state index contributed by atoms with van der Waals surface area (Å²) in [6.07, 6.45) is -2.95. The van der Waals surface area contributed by atoms with E-state index in [4.69, 9.17) is 0 Å². The van der Waals surface area contributed by atoms with Crippen molar-refractivity contribution in [2.24, 2.45) is 7.05 Å². The molecule has 3 N–H and O–H groups in total. The van der Waals surface area contributed by atoms with E-state index in [9.17, 15) is 36.6 Å². The number of fused-ring (bicyclic) bond motifs is 1. The van der Waals surface area contributed by atoms with Gasteiger partial charge in [-0.05, 0) is 60.2 Å². The molecule has 4 aromatic rings. The molecule has 0 saturated heterocycles. The third-order valence-electron chi connectivity index (χ3n) is 5.46. The molecule has 2 aromatic carbocycles. The van der Waals surface area contributed by atoms with Crippen LogP contribution in [0.2, 0.25) is 0 Å². The highest BCUT2D eigenvalue weighted by Crippen LogP contribution is 2.29. The van der Waals surface area contributed by atoms with Gasteiger partial charge in [-0.3, -0.25) is 4.79 Å². The van der Waals surface area contributed by atoms with E-state index >= 15 is 0 Å². The Kier molecular flexibility index (Phi) is 7.05. The number of rotatable bonds is 6. The first kappa shape index (κ1) is 26.3. The summed E-state index contributed by atoms with van der Waals surface area (Å²) in [5.41, 5.74) is 0.796. The van der Waals surface area contributed by atoms with Crippen LogP contribution in [0, 0.1) is 11.8 Å². The molecule has 0 amide bonds. The van der Waals surface area contributed by atoms with E-state index in [-0.39, 0.29) is 16.4 Å². The van der Waals surface area contributed by atoms with Crippen molar-refractivity contribution in [1.82, 2.24) is 9.29 Å². The fraction of sp³-hybridized carbons (Fsp3) is 0.160. The molecule has 0 bridgehead atoms. The monoisotopic (exact) mass is 548 g/mol. The van der Waals surface area contributed by atoms with Gasteiger partial charge < -0.3 is 14.8 Å². The zero-order valence-corrected chi connectivity index (χ0v) is 20.7. The minimum Gasteiger partial charge on any atom is -0.508 e. The number of phenolic OH excluding ortho intramolecular Hbond substituents is 1. The Morgan fingerprint density at radius 3 is 2.46 bits per heavy atom. The Labute approximate surface area is 213 Å². The second-order valence-electron chi connectivity index (χ2n) is 8.13. The van der Waals surface area contributed by atoms with E-state index in [2.05, 4.69) is 16.6 Å². The second-order valence-corrected chi connectivity index (χ2v) is 11.2. The van der Waals surface area contributed by atoms with E-state index in [0.717, 1.165) is 29.0 Å². The highest BCUT2D eigenvalue weighted by molar-refractivity contribution is 7.91. The van der Waals surface area contributed by atoms with Crippen LogP contribution in [0.15, 0.2) is 65.0 Å². The molecule has 0 saturated carbocycles. The van der Waals surface area contributed by atoms with E-state index < -0.39 is 33.8 Å². The highest BCUT2D eigenvalue weighted by Gasteiger charge is 2.30. The zero-order chi connectivity index (χ0) is 27.0. The van der Waals surface area contributed by atoms with Crippen LogP contribution in [0.25, 0.3) is 10.9 Å². The van der Waals surface area contributed by atoms with Gasteiger partial charge >= 0.3 is 12.1 Å². The maximum atomic E-state index is 12.9. The molecule has 0 aliphatic rings. The first-order valence-corrected chi connectivity index (χ1v) is 12.9. The maximum absolute atomic E-state index is 12.9. The summed E-state index contributed by atoms with van der Waals surface area (Å²) in [6.45, 7) is 0. The molecule has 0 aliphatic carbocycles. The Morgan fingerprint density at radius 2 is 1.81 bits per heavy atom. The molecular formula is C25H19F3N2O5S2. The summed E-state index contributed by atoms with van der Waals surface area (Å²) < 4.78 is 67.7. The molecule has 0 aliphatic heterocycles. The fourth-order valence-electron chi connectivity index (χ4n) is 3.68. The normalized spacial score (nSPS) is 12.8. The quantitative estimate of drug-likeness (QED) is 0.311. The number of hydrogen-bond acceptors (Lipinski definition) is 5. The topological polar surface area (TPSA) is 109 Å². The summed E-state index contributed by atoms with van der Waals surface area (Å²) in [5.74, 6) is 4.01. The molecule has 0 radical (unpaired) electrons. The van der Waals surface area contributed by atoms with E-state index in [1.807, 2.05) is 0 Å². The number of aromatic hydroxyl groups is 1. The Bertz CT molecular complexity index is 1640. The van der Waals surface area contributed by atoms with Crippen molar-refractivity contribution >= 4 is 38.2 Å². The second kappa shape index (κ2) is 9.93. The SMILES string of the molecule is Cn1cc(C[C@@H](NS(=O)(=O)c2ccc(C#Cc3ccc(C(F)(F)F)cc3)s2)C(=O)O)c2cc(O)ccc21. The Morgan fingerprint density at radius 1 is 1.11 bits per heavy atom. The number of hydrogen-bond donors (Lipinski definition) is 3. The van der Waals surface area contributed by atoms with Crippen LogP contribution in [0.1, 0.15) is 21.6 Å². The largest absolute Gasteiger partial charge is 0.508 e. The number of nitrogens with zero attached hydrogens (tertiary/aromatic N) is 1. The van der Waals surface area contributed by atoms with Crippen molar-refractivity contribution in [3.05, 3.63) is 82.4 Å². The molecule has 7 nitrogen and oxygen atoms in total. The minimum atomic E-state index is -4.46. The van der Waals surface area contributed by atoms with E-state index in [0.29, 0.717) is 21.4 Å². The number of carbonyl (C=O) groups is 1. The summed E-state index contributed by atoms with van der Waals surface area (Å²) in [7, 11) is -2.47. The van der Waals surface area contributed by atoms with Crippen molar-refractivity contribution in [1.29, 1.82) is 0 Å². The number of benzene rings is 2. The standard InChI is InChI=1S/C25H19F3N2O5S2/c1-30-14-16(20-13-18(31)7-10-22(20)30)12-21(24(32)33)29-37(34,35)23-11-9-19(36-23)8-4-15-2-5-17(6-3-15)25(26,27)28/h2-3,5-7,9-11,13-14,21,29,31H,12H2,1H3,(H,32,33)/t21-/m1/s1. The van der Waals surface area contributed by atoms with Gasteiger partial charge in [0.25, 0.3) is 10.0 Å². The number of thiophene rings is 1. The lowest BCUT2D eigenvalue weighted by atomic mass is 10.1. The van der Waals surface area contributed by atoms with Gasteiger partial charge in [0.15, 0.2) is 0 Å². The molecule has 192 valence electrons. The summed E-state index contributed by atoms with van der Waals surface area (Å²) in [5, 5.41) is 20.1. The molecule has 0 spiro atoms. The number of halogens is 3. The fourth-order valence-corrected chi connectivity index (χ4v) is 6.04. The Balaban J connectivity index is 1.52. The maximum Gasteiger partial charge on any atom is 0.416 e. The molecule has 0 unspecified atom stereocenters. The zero-order valence-electron chi connectivity index (χ0n) is 19.1. The predicted molar refractivity (Wildman–Crippen MR) is 132 cm³/mol. The summed E-state index contributed by atoms with van der Waals surface area (Å²) in [4.78, 5) is 12.2. The molecule has 37 heavy (non-hydrogen) atoms. The average molecular weight is 549 g/mol. The molecule has 2 aromatic heterocycles. The number of carboxylic acid groups (broad SMARTS) is 1. The average Bonchev–Trinajstić information content (AvgIpc) is 3.42. The van der Waals surface area contributed by atoms with Crippen LogP contribution in [0.4, 0.5) is 13.2 Å². The van der Waals surface area contributed by atoms with Crippen LogP contribution in [-0.4, -0.2) is 35.2 Å². The first-order chi connectivity index (χ1) is 17.3. The van der Waals surface area contributed by atoms with Gasteiger partial charge in [-0.25, -0.2) is 8.42 Å². The lowest BCUT2D eigenvalue weighted by Gasteiger charge is -2.13. The number of carboxylic acids is 1. The minimum absolute atomic E-state index is 0.00377. The van der Waals surface area contributed by atoms with E-state index in [1.54, 1.807) is 23.9 Å². The van der Waals surface area contributed by atoms with Gasteiger partial charge in [0.1, 0.15) is 16.0 Å². The van der Waals surface area contributed by atoms with Gasteiger partial charge in [-0.15, -0.1) is 11.3 Å². The van der Waals surface area contributed by atoms with Crippen molar-refractivity contribution in [3.63, 3.8) is 0 Å².